The van der Waals surface area contributed by atoms with Gasteiger partial charge in [-0.25, -0.2) is 9.59 Å². The number of carbonyl (C=O) groups is 4. The van der Waals surface area contributed by atoms with Crippen LogP contribution in [0.25, 0.3) is 0 Å². The highest BCUT2D eigenvalue weighted by Crippen LogP contribution is 2.28. The second-order valence-electron chi connectivity index (χ2n) is 6.55. The second kappa shape index (κ2) is 10.7. The van der Waals surface area contributed by atoms with Crippen LogP contribution < -0.4 is 10.6 Å². The van der Waals surface area contributed by atoms with Gasteiger partial charge in [0.25, 0.3) is 11.8 Å². The van der Waals surface area contributed by atoms with Crippen molar-refractivity contribution in [2.24, 2.45) is 0 Å². The normalized spacial score (nSPS) is 12.3. The summed E-state index contributed by atoms with van der Waals surface area (Å²) in [5, 5.41) is 61.0. The van der Waals surface area contributed by atoms with Crippen molar-refractivity contribution in [1.29, 1.82) is 0 Å². The third-order valence-corrected chi connectivity index (χ3v) is 4.29. The van der Waals surface area contributed by atoms with Crippen LogP contribution in [0.4, 0.5) is 0 Å². The maximum absolute atomic E-state index is 12.2. The van der Waals surface area contributed by atoms with Crippen molar-refractivity contribution in [3.8, 4) is 23.0 Å². The fourth-order valence-electron chi connectivity index (χ4n) is 2.52. The summed E-state index contributed by atoms with van der Waals surface area (Å²) in [5.41, 5.74) is -0.832. The number of aliphatic carboxylic acids is 1. The minimum absolute atomic E-state index is 0.400. The molecule has 2 amide bonds. The molecule has 0 aliphatic heterocycles. The highest BCUT2D eigenvalue weighted by atomic mass is 16.5. The molecule has 0 heterocycles. The monoisotopic (exact) mass is 464 g/mol. The van der Waals surface area contributed by atoms with Crippen LogP contribution in [0.5, 0.6) is 23.0 Å². The fraction of sp³-hybridized carbons (Fsp3) is 0.200. The molecule has 2 aromatic carbocycles. The van der Waals surface area contributed by atoms with E-state index >= 15 is 0 Å². The van der Waals surface area contributed by atoms with Crippen molar-refractivity contribution >= 4 is 23.8 Å². The zero-order valence-electron chi connectivity index (χ0n) is 16.8. The number of phenols is 4. The number of hydrogen-bond acceptors (Lipinski definition) is 10. The van der Waals surface area contributed by atoms with Crippen LogP contribution in [0.2, 0.25) is 0 Å². The maximum Gasteiger partial charge on any atom is 0.331 e. The summed E-state index contributed by atoms with van der Waals surface area (Å²) < 4.78 is 4.77. The van der Waals surface area contributed by atoms with E-state index in [9.17, 15) is 49.8 Å². The number of carbonyl (C=O) groups excluding carboxylic acids is 3. The number of amides is 2. The number of aliphatic hydroxyl groups excluding tert-OH is 1. The number of benzene rings is 2. The summed E-state index contributed by atoms with van der Waals surface area (Å²) in [6, 6.07) is 3.50. The third kappa shape index (κ3) is 6.01. The van der Waals surface area contributed by atoms with Gasteiger partial charge >= 0.3 is 11.9 Å². The summed E-state index contributed by atoms with van der Waals surface area (Å²) in [5.74, 6) is -7.74. The molecule has 8 N–H and O–H groups in total. The average molecular weight is 464 g/mol. The molecule has 13 nitrogen and oxygen atoms in total. The Bertz CT molecular complexity index is 1070. The predicted molar refractivity (Wildman–Crippen MR) is 108 cm³/mol. The third-order valence-electron chi connectivity index (χ3n) is 4.29. The summed E-state index contributed by atoms with van der Waals surface area (Å²) in [6.07, 6.45) is 0. The van der Waals surface area contributed by atoms with Gasteiger partial charge in [-0.3, -0.25) is 9.59 Å². The first-order chi connectivity index (χ1) is 15.6. The quantitative estimate of drug-likeness (QED) is 0.166. The number of esters is 1. The van der Waals surface area contributed by atoms with Crippen molar-refractivity contribution < 1.29 is 54.6 Å². The number of carboxylic acids is 1. The Kier molecular flexibility index (Phi) is 8.01. The topological polar surface area (TPSA) is 223 Å². The molecule has 0 spiro atoms. The van der Waals surface area contributed by atoms with Gasteiger partial charge < -0.3 is 46.0 Å². The van der Waals surface area contributed by atoms with Gasteiger partial charge in [0.15, 0.2) is 35.1 Å². The molecule has 0 bridgehead atoms. The highest BCUT2D eigenvalue weighted by Gasteiger charge is 2.28. The lowest BCUT2D eigenvalue weighted by molar-refractivity contribution is -0.150. The smallest absolute Gasteiger partial charge is 0.331 e. The van der Waals surface area contributed by atoms with Gasteiger partial charge in [0.2, 0.25) is 0 Å². The number of aliphatic hydroxyl groups is 1. The highest BCUT2D eigenvalue weighted by molar-refractivity contribution is 6.00. The molecule has 0 fully saturated rings. The van der Waals surface area contributed by atoms with Crippen LogP contribution in [0, 0.1) is 0 Å². The van der Waals surface area contributed by atoms with Crippen LogP contribution in [0.15, 0.2) is 36.4 Å². The number of nitrogens with one attached hydrogen (secondary N) is 2. The molecule has 176 valence electrons. The Morgan fingerprint density at radius 2 is 1.24 bits per heavy atom. The van der Waals surface area contributed by atoms with Gasteiger partial charge in [-0.2, -0.15) is 0 Å². The molecule has 0 unspecified atom stereocenters. The Hall–Kier alpha value is -4.52. The molecule has 2 atom stereocenters. The number of aromatic hydroxyl groups is 4. The molecule has 0 aliphatic carbocycles. The zero-order valence-corrected chi connectivity index (χ0v) is 16.8. The molecule has 0 aliphatic rings. The van der Waals surface area contributed by atoms with Gasteiger partial charge in [-0.1, -0.05) is 12.1 Å². The number of rotatable bonds is 9. The molecule has 0 radical (unpaired) electrons. The van der Waals surface area contributed by atoms with E-state index in [1.165, 1.54) is 12.1 Å². The number of ether oxygens (including phenoxy) is 1. The fourth-order valence-corrected chi connectivity index (χ4v) is 2.52. The van der Waals surface area contributed by atoms with E-state index in [0.29, 0.717) is 0 Å². The van der Waals surface area contributed by atoms with Gasteiger partial charge in [0.05, 0.1) is 17.7 Å². The van der Waals surface area contributed by atoms with Crippen LogP contribution >= 0.6 is 0 Å². The number of para-hydroxylation sites is 2. The van der Waals surface area contributed by atoms with E-state index in [2.05, 4.69) is 5.32 Å². The lowest BCUT2D eigenvalue weighted by Crippen LogP contribution is -2.48. The van der Waals surface area contributed by atoms with E-state index in [1.54, 1.807) is 0 Å². The van der Waals surface area contributed by atoms with Crippen molar-refractivity contribution in [3.05, 3.63) is 47.5 Å². The standard InChI is InChI=1S/C20H20N2O11/c23-7-11(21-17(28)9-3-1-5-13(24)15(9)26)20(32)33-8-12(19(30)31)22-18(29)10-4-2-6-14(25)16(10)27/h1-6,11-12,23-27H,7-8H2,(H,21,28)(H,22,29)(H,30,31)/t11-,12+/m0/s1. The molecule has 0 saturated heterocycles. The van der Waals surface area contributed by atoms with E-state index in [1.807, 2.05) is 5.32 Å². The summed E-state index contributed by atoms with van der Waals surface area (Å²) in [4.78, 5) is 48.0. The van der Waals surface area contributed by atoms with Crippen LogP contribution in [-0.4, -0.2) is 79.7 Å². The molecule has 2 aromatic rings. The van der Waals surface area contributed by atoms with Gasteiger partial charge in [-0.05, 0) is 24.3 Å². The maximum atomic E-state index is 12.2. The Labute approximate surface area is 185 Å². The van der Waals surface area contributed by atoms with Gasteiger partial charge in [0.1, 0.15) is 6.61 Å². The molecular formula is C20H20N2O11. The van der Waals surface area contributed by atoms with E-state index in [0.717, 1.165) is 24.3 Å². The van der Waals surface area contributed by atoms with E-state index in [4.69, 9.17) is 4.74 Å². The second-order valence-corrected chi connectivity index (χ2v) is 6.55. The molecular weight excluding hydrogens is 444 g/mol. The Morgan fingerprint density at radius 1 is 0.788 bits per heavy atom. The van der Waals surface area contributed by atoms with E-state index in [-0.39, 0.29) is 0 Å². The van der Waals surface area contributed by atoms with Crippen molar-refractivity contribution in [2.45, 2.75) is 12.1 Å². The van der Waals surface area contributed by atoms with Gasteiger partial charge in [0, 0.05) is 0 Å². The van der Waals surface area contributed by atoms with Crippen molar-refractivity contribution in [1.82, 2.24) is 10.6 Å². The van der Waals surface area contributed by atoms with Gasteiger partial charge in [-0.15, -0.1) is 0 Å². The largest absolute Gasteiger partial charge is 0.504 e. The summed E-state index contributed by atoms with van der Waals surface area (Å²) >= 11 is 0. The van der Waals surface area contributed by atoms with E-state index < -0.39 is 83.2 Å². The van der Waals surface area contributed by atoms with Crippen molar-refractivity contribution in [2.75, 3.05) is 13.2 Å². The molecule has 13 heteroatoms. The average Bonchev–Trinajstić information content (AvgIpc) is 2.77. The molecule has 2 rings (SSSR count). The Balaban J connectivity index is 2.03. The zero-order chi connectivity index (χ0) is 24.7. The first-order valence-electron chi connectivity index (χ1n) is 9.20. The number of phenolic OH excluding ortho intramolecular Hbond substituents is 4. The SMILES string of the molecule is O=C(N[C@@H](CO)C(=O)OC[C@@H](NC(=O)c1cccc(O)c1O)C(=O)O)c1cccc(O)c1O. The predicted octanol–water partition coefficient (Wildman–Crippen LogP) is -0.974. The lowest BCUT2D eigenvalue weighted by Gasteiger charge is -2.19. The minimum Gasteiger partial charge on any atom is -0.504 e. The molecule has 0 aromatic heterocycles. The minimum atomic E-state index is -1.78. The van der Waals surface area contributed by atoms with Crippen LogP contribution in [0.1, 0.15) is 20.7 Å². The lowest BCUT2D eigenvalue weighted by atomic mass is 10.1. The first-order valence-corrected chi connectivity index (χ1v) is 9.20. The first kappa shape index (κ1) is 24.7. The summed E-state index contributed by atoms with van der Waals surface area (Å²) in [6.45, 7) is -1.87. The molecule has 33 heavy (non-hydrogen) atoms. The number of carboxylic acid groups (broad SMARTS) is 1. The number of hydrogen-bond donors (Lipinski definition) is 8. The van der Waals surface area contributed by atoms with Crippen molar-refractivity contribution in [3.63, 3.8) is 0 Å². The van der Waals surface area contributed by atoms with Crippen LogP contribution in [0.3, 0.4) is 0 Å². The molecule has 0 saturated carbocycles. The Morgan fingerprint density at radius 3 is 1.67 bits per heavy atom. The van der Waals surface area contributed by atoms with Crippen LogP contribution in [-0.2, 0) is 14.3 Å². The summed E-state index contributed by atoms with van der Waals surface area (Å²) in [7, 11) is 0.